The Kier molecular flexibility index (Phi) is 3.57. The minimum Gasteiger partial charge on any atom is -0.457 e. The van der Waals surface area contributed by atoms with Crippen molar-refractivity contribution in [2.75, 3.05) is 11.5 Å². The second-order valence-corrected chi connectivity index (χ2v) is 4.19. The van der Waals surface area contributed by atoms with Gasteiger partial charge < -0.3 is 16.2 Å². The van der Waals surface area contributed by atoms with Gasteiger partial charge in [-0.05, 0) is 48.5 Å². The molecule has 2 aromatic carbocycles. The molecule has 0 heterocycles. The predicted octanol–water partition coefficient (Wildman–Crippen LogP) is 3.51. The highest BCUT2D eigenvalue weighted by Gasteiger charge is 2.05. The van der Waals surface area contributed by atoms with E-state index in [1.807, 2.05) is 24.3 Å². The lowest BCUT2D eigenvalue weighted by atomic mass is 10.1. The first-order valence-corrected chi connectivity index (χ1v) is 5.84. The molecule has 0 aliphatic rings. The number of nitrogen functional groups attached to an aromatic ring is 2. The van der Waals surface area contributed by atoms with Crippen LogP contribution in [0.2, 0.25) is 0 Å². The zero-order valence-electron chi connectivity index (χ0n) is 10.6. The van der Waals surface area contributed by atoms with Crippen molar-refractivity contribution in [1.82, 2.24) is 0 Å². The molecule has 0 radical (unpaired) electrons. The van der Waals surface area contributed by atoms with Crippen molar-refractivity contribution in [2.45, 2.75) is 0 Å². The highest BCUT2D eigenvalue weighted by Crippen LogP contribution is 2.23. The van der Waals surface area contributed by atoms with Crippen LogP contribution in [0, 0.1) is 0 Å². The van der Waals surface area contributed by atoms with Crippen molar-refractivity contribution in [3.05, 3.63) is 72.8 Å². The lowest BCUT2D eigenvalue weighted by Gasteiger charge is -2.11. The Morgan fingerprint density at radius 3 is 1.32 bits per heavy atom. The van der Waals surface area contributed by atoms with Crippen LogP contribution >= 0.6 is 0 Å². The summed E-state index contributed by atoms with van der Waals surface area (Å²) in [7, 11) is 0. The van der Waals surface area contributed by atoms with Crippen LogP contribution < -0.4 is 11.5 Å². The van der Waals surface area contributed by atoms with Gasteiger partial charge in [0.2, 0.25) is 0 Å². The van der Waals surface area contributed by atoms with Gasteiger partial charge in [0.15, 0.2) is 0 Å². The van der Waals surface area contributed by atoms with Crippen LogP contribution in [0.15, 0.2) is 61.7 Å². The summed E-state index contributed by atoms with van der Waals surface area (Å²) in [4.78, 5) is 0. The molecule has 3 heteroatoms. The molecule has 4 N–H and O–H groups in total. The molecule has 0 bridgehead atoms. The monoisotopic (exact) mass is 252 g/mol. The standard InChI is InChI=1S/C16H16N2O/c1-11(13-3-7-15(17)8-4-13)19-12(2)14-5-9-16(18)10-6-14/h3-10H,1-2,17-18H2. The first kappa shape index (κ1) is 12.8. The second-order valence-electron chi connectivity index (χ2n) is 4.19. The van der Waals surface area contributed by atoms with E-state index in [0.717, 1.165) is 11.1 Å². The van der Waals surface area contributed by atoms with E-state index in [-0.39, 0.29) is 0 Å². The Labute approximate surface area is 112 Å². The number of rotatable bonds is 4. The summed E-state index contributed by atoms with van der Waals surface area (Å²) in [5, 5.41) is 0. The lowest BCUT2D eigenvalue weighted by molar-refractivity contribution is 0.474. The van der Waals surface area contributed by atoms with E-state index < -0.39 is 0 Å². The summed E-state index contributed by atoms with van der Waals surface area (Å²) in [6.45, 7) is 7.78. The molecule has 96 valence electrons. The minimum absolute atomic E-state index is 0.529. The molecular formula is C16H16N2O. The zero-order chi connectivity index (χ0) is 13.8. The van der Waals surface area contributed by atoms with Crippen molar-refractivity contribution in [3.8, 4) is 0 Å². The maximum atomic E-state index is 5.63. The molecule has 2 rings (SSSR count). The highest BCUT2D eigenvalue weighted by molar-refractivity contribution is 5.68. The van der Waals surface area contributed by atoms with Gasteiger partial charge >= 0.3 is 0 Å². The third kappa shape index (κ3) is 3.16. The summed E-state index contributed by atoms with van der Waals surface area (Å²) >= 11 is 0. The Hall–Kier alpha value is -2.68. The second kappa shape index (κ2) is 5.31. The maximum absolute atomic E-state index is 5.63. The molecule has 0 fully saturated rings. The number of ether oxygens (including phenoxy) is 1. The van der Waals surface area contributed by atoms with E-state index in [1.165, 1.54) is 0 Å². The highest BCUT2D eigenvalue weighted by atomic mass is 16.5. The molecule has 19 heavy (non-hydrogen) atoms. The van der Waals surface area contributed by atoms with Crippen molar-refractivity contribution >= 4 is 22.9 Å². The van der Waals surface area contributed by atoms with Gasteiger partial charge in [-0.2, -0.15) is 0 Å². The molecule has 0 unspecified atom stereocenters. The molecule has 0 amide bonds. The topological polar surface area (TPSA) is 61.3 Å². The van der Waals surface area contributed by atoms with E-state index >= 15 is 0 Å². The van der Waals surface area contributed by atoms with Crippen LogP contribution in [-0.2, 0) is 4.74 Å². The van der Waals surface area contributed by atoms with E-state index in [2.05, 4.69) is 13.2 Å². The molecule has 0 spiro atoms. The first-order chi connectivity index (χ1) is 9.06. The summed E-state index contributed by atoms with van der Waals surface area (Å²) in [6.07, 6.45) is 0. The molecule has 3 nitrogen and oxygen atoms in total. The zero-order valence-corrected chi connectivity index (χ0v) is 10.6. The van der Waals surface area contributed by atoms with Gasteiger partial charge in [0.25, 0.3) is 0 Å². The number of nitrogens with two attached hydrogens (primary N) is 2. The Balaban J connectivity index is 2.08. The van der Waals surface area contributed by atoms with Gasteiger partial charge in [0, 0.05) is 22.5 Å². The van der Waals surface area contributed by atoms with Crippen molar-refractivity contribution in [1.29, 1.82) is 0 Å². The molecule has 0 aliphatic heterocycles. The van der Waals surface area contributed by atoms with Gasteiger partial charge in [-0.3, -0.25) is 0 Å². The maximum Gasteiger partial charge on any atom is 0.127 e. The van der Waals surface area contributed by atoms with Crippen LogP contribution in [-0.4, -0.2) is 0 Å². The van der Waals surface area contributed by atoms with Gasteiger partial charge in [-0.25, -0.2) is 0 Å². The predicted molar refractivity (Wildman–Crippen MR) is 80.9 cm³/mol. The Morgan fingerprint density at radius 1 is 0.684 bits per heavy atom. The number of anilines is 2. The van der Waals surface area contributed by atoms with Gasteiger partial charge in [0.1, 0.15) is 11.5 Å². The van der Waals surface area contributed by atoms with Crippen LogP contribution in [0.4, 0.5) is 11.4 Å². The van der Waals surface area contributed by atoms with Gasteiger partial charge in [-0.1, -0.05) is 13.2 Å². The van der Waals surface area contributed by atoms with Gasteiger partial charge in [-0.15, -0.1) is 0 Å². The fourth-order valence-corrected chi connectivity index (χ4v) is 1.60. The van der Waals surface area contributed by atoms with Crippen LogP contribution in [0.25, 0.3) is 11.5 Å². The molecule has 0 saturated heterocycles. The van der Waals surface area contributed by atoms with Crippen molar-refractivity contribution in [3.63, 3.8) is 0 Å². The van der Waals surface area contributed by atoms with E-state index in [9.17, 15) is 0 Å². The van der Waals surface area contributed by atoms with Crippen LogP contribution in [0.5, 0.6) is 0 Å². The Bertz CT molecular complexity index is 542. The summed E-state index contributed by atoms with van der Waals surface area (Å²) < 4.78 is 5.63. The van der Waals surface area contributed by atoms with Gasteiger partial charge in [0.05, 0.1) is 0 Å². The third-order valence-corrected chi connectivity index (χ3v) is 2.71. The molecule has 0 aliphatic carbocycles. The number of hydrogen-bond acceptors (Lipinski definition) is 3. The molecule has 0 aromatic heterocycles. The summed E-state index contributed by atoms with van der Waals surface area (Å²) in [5.41, 5.74) is 14.4. The Morgan fingerprint density at radius 2 is 1.00 bits per heavy atom. The summed E-state index contributed by atoms with van der Waals surface area (Å²) in [6, 6.07) is 14.6. The molecule has 2 aromatic rings. The SMILES string of the molecule is C=C(OC(=C)c1ccc(N)cc1)c1ccc(N)cc1. The number of hydrogen-bond donors (Lipinski definition) is 2. The fraction of sp³-hybridized carbons (Fsp3) is 0. The smallest absolute Gasteiger partial charge is 0.127 e. The average Bonchev–Trinajstić information content (AvgIpc) is 2.40. The van der Waals surface area contributed by atoms with Crippen molar-refractivity contribution < 1.29 is 4.74 Å². The molecule has 0 atom stereocenters. The lowest BCUT2D eigenvalue weighted by Crippen LogP contribution is -1.93. The molecule has 0 saturated carbocycles. The van der Waals surface area contributed by atoms with E-state index in [1.54, 1.807) is 24.3 Å². The quantitative estimate of drug-likeness (QED) is 0.646. The van der Waals surface area contributed by atoms with Crippen molar-refractivity contribution in [2.24, 2.45) is 0 Å². The third-order valence-electron chi connectivity index (χ3n) is 2.71. The average molecular weight is 252 g/mol. The summed E-state index contributed by atoms with van der Waals surface area (Å²) in [5.74, 6) is 1.06. The van der Waals surface area contributed by atoms with E-state index in [4.69, 9.17) is 16.2 Å². The molecular weight excluding hydrogens is 236 g/mol. The van der Waals surface area contributed by atoms with Crippen LogP contribution in [0.3, 0.4) is 0 Å². The fourth-order valence-electron chi connectivity index (χ4n) is 1.60. The first-order valence-electron chi connectivity index (χ1n) is 5.84. The van der Waals surface area contributed by atoms with Crippen LogP contribution in [0.1, 0.15) is 11.1 Å². The minimum atomic E-state index is 0.529. The van der Waals surface area contributed by atoms with E-state index in [0.29, 0.717) is 22.9 Å². The normalized spacial score (nSPS) is 9.89. The number of benzene rings is 2. The largest absolute Gasteiger partial charge is 0.457 e.